The Balaban J connectivity index is 2.40. The average Bonchev–Trinajstić information content (AvgIpc) is 2.40. The summed E-state index contributed by atoms with van der Waals surface area (Å²) >= 11 is 0. The number of nitrogens with zero attached hydrogens (tertiary/aromatic N) is 1. The first kappa shape index (κ1) is 16.1. The van der Waals surface area contributed by atoms with Gasteiger partial charge in [0.15, 0.2) is 0 Å². The molecular formula is C16H27FN2. The molecule has 0 bridgehead atoms. The molecule has 0 aliphatic heterocycles. The van der Waals surface area contributed by atoms with Crippen molar-refractivity contribution in [1.29, 1.82) is 0 Å². The van der Waals surface area contributed by atoms with Crippen molar-refractivity contribution in [3.63, 3.8) is 0 Å². The molecule has 108 valence electrons. The lowest BCUT2D eigenvalue weighted by Gasteiger charge is -2.21. The molecule has 0 radical (unpaired) electrons. The minimum Gasteiger partial charge on any atom is -0.313 e. The maximum absolute atomic E-state index is 13.2. The first-order valence-electron chi connectivity index (χ1n) is 7.28. The van der Waals surface area contributed by atoms with Gasteiger partial charge in [-0.1, -0.05) is 31.9 Å². The summed E-state index contributed by atoms with van der Waals surface area (Å²) < 4.78 is 13.2. The first-order valence-corrected chi connectivity index (χ1v) is 7.28. The van der Waals surface area contributed by atoms with Crippen LogP contribution >= 0.6 is 0 Å². The topological polar surface area (TPSA) is 15.3 Å². The van der Waals surface area contributed by atoms with E-state index in [4.69, 9.17) is 0 Å². The highest BCUT2D eigenvalue weighted by Gasteiger charge is 2.10. The molecule has 1 rings (SSSR count). The van der Waals surface area contributed by atoms with Gasteiger partial charge in [0.1, 0.15) is 5.82 Å². The summed E-state index contributed by atoms with van der Waals surface area (Å²) in [6.45, 7) is 4.40. The molecule has 1 aromatic carbocycles. The number of nitrogens with one attached hydrogen (secondary N) is 1. The number of hydrogen-bond donors (Lipinski definition) is 1. The molecule has 2 nitrogen and oxygen atoms in total. The van der Waals surface area contributed by atoms with E-state index in [-0.39, 0.29) is 11.9 Å². The molecule has 19 heavy (non-hydrogen) atoms. The molecule has 0 heterocycles. The van der Waals surface area contributed by atoms with Crippen LogP contribution in [-0.2, 0) is 0 Å². The summed E-state index contributed by atoms with van der Waals surface area (Å²) in [5.41, 5.74) is 1.03. The Morgan fingerprint density at radius 1 is 1.26 bits per heavy atom. The lowest BCUT2D eigenvalue weighted by atomic mass is 10.0. The SMILES string of the molecule is CCCCCN(C)CCC(NC)c1cccc(F)c1. The second-order valence-electron chi connectivity index (χ2n) is 5.20. The molecule has 0 aliphatic carbocycles. The van der Waals surface area contributed by atoms with Gasteiger partial charge in [0.2, 0.25) is 0 Å². The minimum atomic E-state index is -0.158. The standard InChI is InChI=1S/C16H27FN2/c1-4-5-6-11-19(3)12-10-16(18-2)14-8-7-9-15(17)13-14/h7-9,13,16,18H,4-6,10-12H2,1-3H3. The zero-order chi connectivity index (χ0) is 14.1. The molecule has 0 aromatic heterocycles. The highest BCUT2D eigenvalue weighted by atomic mass is 19.1. The van der Waals surface area contributed by atoms with E-state index in [1.54, 1.807) is 12.1 Å². The fourth-order valence-corrected chi connectivity index (χ4v) is 2.29. The van der Waals surface area contributed by atoms with Gasteiger partial charge in [-0.2, -0.15) is 0 Å². The van der Waals surface area contributed by atoms with E-state index >= 15 is 0 Å². The highest BCUT2D eigenvalue weighted by Crippen LogP contribution is 2.17. The van der Waals surface area contributed by atoms with Crippen LogP contribution < -0.4 is 5.32 Å². The lowest BCUT2D eigenvalue weighted by molar-refractivity contribution is 0.304. The van der Waals surface area contributed by atoms with Gasteiger partial charge in [-0.05, 0) is 57.7 Å². The van der Waals surface area contributed by atoms with Crippen LogP contribution in [0.15, 0.2) is 24.3 Å². The van der Waals surface area contributed by atoms with Crippen LogP contribution in [0.5, 0.6) is 0 Å². The van der Waals surface area contributed by atoms with Crippen LogP contribution in [0, 0.1) is 5.82 Å². The van der Waals surface area contributed by atoms with Gasteiger partial charge >= 0.3 is 0 Å². The average molecular weight is 266 g/mol. The van der Waals surface area contributed by atoms with Gasteiger partial charge in [0.05, 0.1) is 0 Å². The second kappa shape index (κ2) is 9.05. The van der Waals surface area contributed by atoms with Crippen molar-refractivity contribution < 1.29 is 4.39 Å². The zero-order valence-corrected chi connectivity index (χ0v) is 12.5. The van der Waals surface area contributed by atoms with Crippen molar-refractivity contribution >= 4 is 0 Å². The van der Waals surface area contributed by atoms with Crippen molar-refractivity contribution in [2.24, 2.45) is 0 Å². The second-order valence-corrected chi connectivity index (χ2v) is 5.20. The molecule has 0 fully saturated rings. The third-order valence-corrected chi connectivity index (χ3v) is 3.54. The van der Waals surface area contributed by atoms with Gasteiger partial charge < -0.3 is 10.2 Å². The van der Waals surface area contributed by atoms with Crippen LogP contribution in [0.1, 0.15) is 44.2 Å². The molecular weight excluding hydrogens is 239 g/mol. The Morgan fingerprint density at radius 2 is 2.05 bits per heavy atom. The summed E-state index contributed by atoms with van der Waals surface area (Å²) in [5.74, 6) is -0.158. The third-order valence-electron chi connectivity index (χ3n) is 3.54. The summed E-state index contributed by atoms with van der Waals surface area (Å²) in [6.07, 6.45) is 4.82. The third kappa shape index (κ3) is 6.17. The Morgan fingerprint density at radius 3 is 2.68 bits per heavy atom. The molecule has 1 aromatic rings. The Bertz CT molecular complexity index is 354. The van der Waals surface area contributed by atoms with Gasteiger partial charge in [0.25, 0.3) is 0 Å². The number of unbranched alkanes of at least 4 members (excludes halogenated alkanes) is 2. The van der Waals surface area contributed by atoms with Gasteiger partial charge in [-0.3, -0.25) is 0 Å². The van der Waals surface area contributed by atoms with E-state index in [9.17, 15) is 4.39 Å². The Kier molecular flexibility index (Phi) is 7.68. The molecule has 0 spiro atoms. The van der Waals surface area contributed by atoms with E-state index < -0.39 is 0 Å². The van der Waals surface area contributed by atoms with E-state index in [2.05, 4.69) is 24.2 Å². The van der Waals surface area contributed by atoms with Crippen molar-refractivity contribution in [3.8, 4) is 0 Å². The van der Waals surface area contributed by atoms with E-state index in [0.717, 1.165) is 25.1 Å². The molecule has 1 unspecified atom stereocenters. The summed E-state index contributed by atoms with van der Waals surface area (Å²) in [7, 11) is 4.10. The van der Waals surface area contributed by atoms with E-state index in [1.807, 2.05) is 13.1 Å². The van der Waals surface area contributed by atoms with E-state index in [0.29, 0.717) is 0 Å². The van der Waals surface area contributed by atoms with E-state index in [1.165, 1.54) is 25.3 Å². The van der Waals surface area contributed by atoms with Crippen LogP contribution in [0.25, 0.3) is 0 Å². The number of halogens is 1. The summed E-state index contributed by atoms with van der Waals surface area (Å²) in [4.78, 5) is 2.36. The van der Waals surface area contributed by atoms with Crippen molar-refractivity contribution in [3.05, 3.63) is 35.6 Å². The molecule has 0 amide bonds. The maximum Gasteiger partial charge on any atom is 0.123 e. The molecule has 3 heteroatoms. The number of rotatable bonds is 9. The number of benzene rings is 1. The van der Waals surface area contributed by atoms with Gasteiger partial charge in [-0.15, -0.1) is 0 Å². The fourth-order valence-electron chi connectivity index (χ4n) is 2.29. The van der Waals surface area contributed by atoms with Crippen molar-refractivity contribution in [2.45, 2.75) is 38.6 Å². The quantitative estimate of drug-likeness (QED) is 0.687. The zero-order valence-electron chi connectivity index (χ0n) is 12.5. The molecule has 0 aliphatic rings. The minimum absolute atomic E-state index is 0.158. The fraction of sp³-hybridized carbons (Fsp3) is 0.625. The Labute approximate surface area is 117 Å². The van der Waals surface area contributed by atoms with Crippen LogP contribution in [-0.4, -0.2) is 32.1 Å². The maximum atomic E-state index is 13.2. The number of hydrogen-bond acceptors (Lipinski definition) is 2. The van der Waals surface area contributed by atoms with Crippen LogP contribution in [0.3, 0.4) is 0 Å². The predicted molar refractivity (Wildman–Crippen MR) is 79.8 cm³/mol. The van der Waals surface area contributed by atoms with Gasteiger partial charge in [-0.25, -0.2) is 4.39 Å². The van der Waals surface area contributed by atoms with Gasteiger partial charge in [0, 0.05) is 6.04 Å². The predicted octanol–water partition coefficient (Wildman–Crippen LogP) is 3.60. The Hall–Kier alpha value is -0.930. The molecule has 1 N–H and O–H groups in total. The summed E-state index contributed by atoms with van der Waals surface area (Å²) in [5, 5.41) is 3.27. The molecule has 1 atom stereocenters. The smallest absolute Gasteiger partial charge is 0.123 e. The van der Waals surface area contributed by atoms with Crippen molar-refractivity contribution in [1.82, 2.24) is 10.2 Å². The molecule has 0 saturated heterocycles. The highest BCUT2D eigenvalue weighted by molar-refractivity contribution is 5.20. The summed E-state index contributed by atoms with van der Waals surface area (Å²) in [6, 6.07) is 7.11. The largest absolute Gasteiger partial charge is 0.313 e. The van der Waals surface area contributed by atoms with Crippen LogP contribution in [0.2, 0.25) is 0 Å². The molecule has 0 saturated carbocycles. The van der Waals surface area contributed by atoms with Crippen molar-refractivity contribution in [2.75, 3.05) is 27.2 Å². The lowest BCUT2D eigenvalue weighted by Crippen LogP contribution is -2.26. The normalized spacial score (nSPS) is 12.9. The first-order chi connectivity index (χ1) is 9.17. The monoisotopic (exact) mass is 266 g/mol. The van der Waals surface area contributed by atoms with Crippen LogP contribution in [0.4, 0.5) is 4.39 Å².